The first-order valence-electron chi connectivity index (χ1n) is 6.60. The van der Waals surface area contributed by atoms with Gasteiger partial charge in [0.2, 0.25) is 0 Å². The quantitative estimate of drug-likeness (QED) is 0.723. The Morgan fingerprint density at radius 2 is 2.06 bits per heavy atom. The first kappa shape index (κ1) is 13.3. The molecule has 2 aliphatic rings. The zero-order valence-electron chi connectivity index (χ0n) is 10.5. The second-order valence-corrected chi connectivity index (χ2v) is 6.77. The molecule has 1 unspecified atom stereocenters. The Morgan fingerprint density at radius 3 is 2.71 bits per heavy atom. The van der Waals surface area contributed by atoms with E-state index in [4.69, 9.17) is 0 Å². The van der Waals surface area contributed by atoms with Gasteiger partial charge in [-0.05, 0) is 44.7 Å². The Labute approximate surface area is 104 Å². The summed E-state index contributed by atoms with van der Waals surface area (Å²) < 4.78 is 28.5. The van der Waals surface area contributed by atoms with Crippen LogP contribution >= 0.6 is 0 Å². The molecule has 6 heteroatoms. The molecule has 17 heavy (non-hydrogen) atoms. The molecule has 5 nitrogen and oxygen atoms in total. The van der Waals surface area contributed by atoms with E-state index in [-0.39, 0.29) is 6.04 Å². The first-order valence-corrected chi connectivity index (χ1v) is 8.04. The minimum absolute atomic E-state index is 0.203. The predicted molar refractivity (Wildman–Crippen MR) is 67.9 cm³/mol. The van der Waals surface area contributed by atoms with Crippen LogP contribution in [-0.4, -0.2) is 44.9 Å². The Hall–Kier alpha value is -0.170. The maximum absolute atomic E-state index is 12.0. The van der Waals surface area contributed by atoms with Crippen molar-refractivity contribution < 1.29 is 8.42 Å². The molecule has 0 aromatic rings. The summed E-state index contributed by atoms with van der Waals surface area (Å²) in [4.78, 5) is 0. The molecule has 1 atom stereocenters. The number of hydrogen-bond donors (Lipinski definition) is 2. The Bertz CT molecular complexity index is 341. The van der Waals surface area contributed by atoms with Gasteiger partial charge in [-0.15, -0.1) is 0 Å². The van der Waals surface area contributed by atoms with E-state index in [0.717, 1.165) is 38.8 Å². The van der Waals surface area contributed by atoms with Crippen LogP contribution in [0.1, 0.15) is 32.6 Å². The van der Waals surface area contributed by atoms with Crippen LogP contribution in [0.5, 0.6) is 0 Å². The van der Waals surface area contributed by atoms with Crippen molar-refractivity contribution in [1.29, 1.82) is 0 Å². The monoisotopic (exact) mass is 261 g/mol. The van der Waals surface area contributed by atoms with E-state index in [1.807, 2.05) is 0 Å². The summed E-state index contributed by atoms with van der Waals surface area (Å²) in [5.74, 6) is 0.458. The third-order valence-electron chi connectivity index (χ3n) is 3.40. The molecular weight excluding hydrogens is 238 g/mol. The molecule has 2 rings (SSSR count). The summed E-state index contributed by atoms with van der Waals surface area (Å²) in [6.07, 6.45) is 4.09. The summed E-state index contributed by atoms with van der Waals surface area (Å²) in [5, 5.41) is 3.30. The average molecular weight is 261 g/mol. The summed E-state index contributed by atoms with van der Waals surface area (Å²) >= 11 is 0. The van der Waals surface area contributed by atoms with Gasteiger partial charge in [-0.3, -0.25) is 0 Å². The Morgan fingerprint density at radius 1 is 1.29 bits per heavy atom. The molecule has 2 N–H and O–H groups in total. The minimum Gasteiger partial charge on any atom is -0.317 e. The van der Waals surface area contributed by atoms with E-state index >= 15 is 0 Å². The standard InChI is InChI=1S/C11H23N3O2S/c1-2-12-8-10-4-3-7-14(9-10)17(15,16)13-11-5-6-11/h10-13H,2-9H2,1H3. The lowest BCUT2D eigenvalue weighted by Gasteiger charge is -2.32. The predicted octanol–water partition coefficient (Wildman–Crippen LogP) is 0.305. The number of nitrogens with one attached hydrogen (secondary N) is 2. The van der Waals surface area contributed by atoms with Crippen molar-refractivity contribution >= 4 is 10.2 Å². The lowest BCUT2D eigenvalue weighted by Crippen LogP contribution is -2.48. The molecule has 0 bridgehead atoms. The highest BCUT2D eigenvalue weighted by atomic mass is 32.2. The molecule has 100 valence electrons. The molecule has 1 heterocycles. The van der Waals surface area contributed by atoms with Crippen LogP contribution in [0.15, 0.2) is 0 Å². The van der Waals surface area contributed by atoms with Crippen molar-refractivity contribution in [3.63, 3.8) is 0 Å². The fraction of sp³-hybridized carbons (Fsp3) is 1.00. The highest BCUT2D eigenvalue weighted by molar-refractivity contribution is 7.87. The number of rotatable bonds is 6. The van der Waals surface area contributed by atoms with E-state index in [2.05, 4.69) is 17.0 Å². The van der Waals surface area contributed by atoms with Gasteiger partial charge >= 0.3 is 0 Å². The van der Waals surface area contributed by atoms with Gasteiger partial charge < -0.3 is 5.32 Å². The summed E-state index contributed by atoms with van der Waals surface area (Å²) in [6.45, 7) is 5.28. The molecule has 1 saturated carbocycles. The second-order valence-electron chi connectivity index (χ2n) is 5.07. The maximum atomic E-state index is 12.0. The molecule has 0 aromatic heterocycles. The third kappa shape index (κ3) is 3.91. The molecular formula is C11H23N3O2S. The highest BCUT2D eigenvalue weighted by Crippen LogP contribution is 2.23. The van der Waals surface area contributed by atoms with Crippen molar-refractivity contribution in [2.45, 2.75) is 38.6 Å². The van der Waals surface area contributed by atoms with Crippen LogP contribution in [0.25, 0.3) is 0 Å². The highest BCUT2D eigenvalue weighted by Gasteiger charge is 2.33. The Kier molecular flexibility index (Phi) is 4.41. The van der Waals surface area contributed by atoms with Gasteiger partial charge in [0.1, 0.15) is 0 Å². The third-order valence-corrected chi connectivity index (χ3v) is 5.04. The van der Waals surface area contributed by atoms with E-state index in [1.54, 1.807) is 4.31 Å². The van der Waals surface area contributed by atoms with Gasteiger partial charge in [-0.1, -0.05) is 6.92 Å². The molecule has 0 amide bonds. The topological polar surface area (TPSA) is 61.4 Å². The van der Waals surface area contributed by atoms with Gasteiger partial charge in [0.25, 0.3) is 10.2 Å². The zero-order valence-corrected chi connectivity index (χ0v) is 11.3. The van der Waals surface area contributed by atoms with Gasteiger partial charge in [0, 0.05) is 19.1 Å². The summed E-state index contributed by atoms with van der Waals surface area (Å²) in [6, 6.07) is 0.203. The van der Waals surface area contributed by atoms with Gasteiger partial charge in [0.05, 0.1) is 0 Å². The number of hydrogen-bond acceptors (Lipinski definition) is 3. The van der Waals surface area contributed by atoms with Gasteiger partial charge in [-0.2, -0.15) is 17.4 Å². The van der Waals surface area contributed by atoms with Crippen LogP contribution in [-0.2, 0) is 10.2 Å². The fourth-order valence-corrected chi connectivity index (χ4v) is 3.83. The molecule has 1 aliphatic carbocycles. The lowest BCUT2D eigenvalue weighted by molar-refractivity contribution is 0.258. The zero-order chi connectivity index (χ0) is 12.3. The van der Waals surface area contributed by atoms with Crippen LogP contribution in [0.4, 0.5) is 0 Å². The molecule has 1 aliphatic heterocycles. The van der Waals surface area contributed by atoms with E-state index in [1.165, 1.54) is 0 Å². The minimum atomic E-state index is -3.22. The smallest absolute Gasteiger partial charge is 0.279 e. The summed E-state index contributed by atoms with van der Waals surface area (Å²) in [5.41, 5.74) is 0. The normalized spacial score (nSPS) is 27.2. The van der Waals surface area contributed by atoms with Crippen molar-refractivity contribution in [2.75, 3.05) is 26.2 Å². The molecule has 1 saturated heterocycles. The average Bonchev–Trinajstić information content (AvgIpc) is 3.10. The van der Waals surface area contributed by atoms with Crippen LogP contribution in [0.3, 0.4) is 0 Å². The number of nitrogens with zero attached hydrogens (tertiary/aromatic N) is 1. The molecule has 0 aromatic carbocycles. The second kappa shape index (κ2) is 5.65. The van der Waals surface area contributed by atoms with Crippen LogP contribution < -0.4 is 10.0 Å². The van der Waals surface area contributed by atoms with E-state index in [9.17, 15) is 8.42 Å². The molecule has 0 radical (unpaired) electrons. The van der Waals surface area contributed by atoms with Crippen LogP contribution in [0, 0.1) is 5.92 Å². The van der Waals surface area contributed by atoms with Crippen molar-refractivity contribution in [1.82, 2.24) is 14.3 Å². The van der Waals surface area contributed by atoms with Gasteiger partial charge in [0.15, 0.2) is 0 Å². The van der Waals surface area contributed by atoms with Crippen molar-refractivity contribution in [3.05, 3.63) is 0 Å². The summed E-state index contributed by atoms with van der Waals surface area (Å²) in [7, 11) is -3.22. The van der Waals surface area contributed by atoms with Crippen molar-refractivity contribution in [3.8, 4) is 0 Å². The van der Waals surface area contributed by atoms with E-state index in [0.29, 0.717) is 19.0 Å². The lowest BCUT2D eigenvalue weighted by atomic mass is 10.00. The van der Waals surface area contributed by atoms with Gasteiger partial charge in [-0.25, -0.2) is 0 Å². The first-order chi connectivity index (χ1) is 8.12. The fourth-order valence-electron chi connectivity index (χ4n) is 2.25. The van der Waals surface area contributed by atoms with E-state index < -0.39 is 10.2 Å². The molecule has 2 fully saturated rings. The van der Waals surface area contributed by atoms with Crippen molar-refractivity contribution in [2.24, 2.45) is 5.92 Å². The maximum Gasteiger partial charge on any atom is 0.279 e. The van der Waals surface area contributed by atoms with Crippen LogP contribution in [0.2, 0.25) is 0 Å². The largest absolute Gasteiger partial charge is 0.317 e. The SMILES string of the molecule is CCNCC1CCCN(S(=O)(=O)NC2CC2)C1. The Balaban J connectivity index is 1.86. The molecule has 0 spiro atoms. The number of piperidine rings is 1.